The summed E-state index contributed by atoms with van der Waals surface area (Å²) in [5.74, 6) is -6.22. The van der Waals surface area contributed by atoms with E-state index in [1.165, 1.54) is 22.9 Å². The van der Waals surface area contributed by atoms with Gasteiger partial charge in [0.1, 0.15) is 16.8 Å². The summed E-state index contributed by atoms with van der Waals surface area (Å²) >= 11 is 0. The van der Waals surface area contributed by atoms with Gasteiger partial charge in [-0.1, -0.05) is 24.3 Å². The first-order valence-corrected chi connectivity index (χ1v) is 10.4. The van der Waals surface area contributed by atoms with Gasteiger partial charge >= 0.3 is 11.9 Å². The molecule has 1 aliphatic carbocycles. The highest BCUT2D eigenvalue weighted by Gasteiger charge is 2.47. The van der Waals surface area contributed by atoms with Crippen LogP contribution < -0.4 is 14.2 Å². The number of aliphatic carboxylic acids is 1. The molecule has 3 atom stereocenters. The Morgan fingerprint density at radius 1 is 1.21 bits per heavy atom. The van der Waals surface area contributed by atoms with Crippen LogP contribution in [0, 0.1) is 5.82 Å². The van der Waals surface area contributed by atoms with Crippen molar-refractivity contribution >= 4 is 16.0 Å². The van der Waals surface area contributed by atoms with Crippen LogP contribution in [0.4, 0.5) is 4.39 Å². The van der Waals surface area contributed by atoms with Gasteiger partial charge in [-0.05, 0) is 37.5 Å². The van der Waals surface area contributed by atoms with Crippen molar-refractivity contribution in [2.45, 2.75) is 42.1 Å². The Morgan fingerprint density at radius 3 is 2.69 bits per heavy atom. The highest BCUT2D eigenvalue weighted by Crippen LogP contribution is 2.51. The van der Waals surface area contributed by atoms with Crippen LogP contribution in [0.25, 0.3) is 0 Å². The Labute approximate surface area is 165 Å². The summed E-state index contributed by atoms with van der Waals surface area (Å²) in [6, 6.07) is 9.15. The quantitative estimate of drug-likeness (QED) is 0.607. The lowest BCUT2D eigenvalue weighted by molar-refractivity contribution is -0.197. The van der Waals surface area contributed by atoms with Gasteiger partial charge in [0, 0.05) is 11.5 Å². The molecule has 3 unspecified atom stereocenters. The number of benzene rings is 2. The number of hydrogen-bond donors (Lipinski definition) is 3. The Hall–Kier alpha value is -2.69. The predicted molar refractivity (Wildman–Crippen MR) is 97.4 cm³/mol. The van der Waals surface area contributed by atoms with Crippen LogP contribution in [0.15, 0.2) is 47.4 Å². The number of fused-ring (bicyclic) bond motifs is 3. The van der Waals surface area contributed by atoms with E-state index in [9.17, 15) is 27.8 Å². The Morgan fingerprint density at radius 2 is 1.97 bits per heavy atom. The summed E-state index contributed by atoms with van der Waals surface area (Å²) in [6.07, 6.45) is 2.68. The van der Waals surface area contributed by atoms with Crippen LogP contribution in [0.3, 0.4) is 0 Å². The summed E-state index contributed by atoms with van der Waals surface area (Å²) in [5, 5.41) is 19.9. The molecule has 0 spiro atoms. The van der Waals surface area contributed by atoms with Gasteiger partial charge in [-0.2, -0.15) is 0 Å². The zero-order chi connectivity index (χ0) is 20.8. The molecule has 1 heterocycles. The Balaban J connectivity index is 1.67. The van der Waals surface area contributed by atoms with E-state index in [1.807, 2.05) is 6.07 Å². The standard InChI is InChI=1S/C19H18FNO7S/c20-13-7-1-2-10-16(13)29(25,26)21-19(24,18(22)23)28-15-9-4-6-12-11-5-3-8-14(11)27-17(12)15/h1-2,4,6-7,9-11,14,21,24H,3,5,8H2,(H,22,23). The van der Waals surface area contributed by atoms with Crippen molar-refractivity contribution in [2.75, 3.05) is 0 Å². The second-order valence-corrected chi connectivity index (χ2v) is 8.61. The smallest absolute Gasteiger partial charge is 0.395 e. The maximum Gasteiger partial charge on any atom is 0.395 e. The molecule has 4 rings (SSSR count). The maximum atomic E-state index is 13.9. The lowest BCUT2D eigenvalue weighted by Crippen LogP contribution is -2.58. The molecule has 8 nitrogen and oxygen atoms in total. The van der Waals surface area contributed by atoms with Crippen molar-refractivity contribution in [3.8, 4) is 11.5 Å². The maximum absolute atomic E-state index is 13.9. The van der Waals surface area contributed by atoms with Crippen molar-refractivity contribution in [3.05, 3.63) is 53.8 Å². The molecule has 3 N–H and O–H groups in total. The van der Waals surface area contributed by atoms with Gasteiger partial charge in [-0.3, -0.25) is 0 Å². The van der Waals surface area contributed by atoms with E-state index >= 15 is 0 Å². The number of carboxylic acids is 1. The average Bonchev–Trinajstić information content (AvgIpc) is 3.23. The number of hydrogen-bond acceptors (Lipinski definition) is 6. The number of carbonyl (C=O) groups is 1. The normalized spacial score (nSPS) is 22.3. The van der Waals surface area contributed by atoms with Gasteiger partial charge in [0.15, 0.2) is 11.5 Å². The molecule has 29 heavy (non-hydrogen) atoms. The monoisotopic (exact) mass is 423 g/mol. The van der Waals surface area contributed by atoms with Crippen molar-refractivity contribution < 1.29 is 37.3 Å². The molecular formula is C19H18FNO7S. The van der Waals surface area contributed by atoms with E-state index in [0.717, 1.165) is 37.0 Å². The second-order valence-electron chi connectivity index (χ2n) is 6.96. The lowest BCUT2D eigenvalue weighted by Gasteiger charge is -2.26. The van der Waals surface area contributed by atoms with Crippen LogP contribution in [0.5, 0.6) is 11.5 Å². The fraction of sp³-hybridized carbons (Fsp3) is 0.316. The first-order valence-electron chi connectivity index (χ1n) is 8.94. The number of rotatable bonds is 6. The van der Waals surface area contributed by atoms with Crippen LogP contribution >= 0.6 is 0 Å². The molecule has 0 radical (unpaired) electrons. The molecular weight excluding hydrogens is 405 g/mol. The number of ether oxygens (including phenoxy) is 2. The second kappa shape index (κ2) is 6.97. The van der Waals surface area contributed by atoms with Gasteiger partial charge in [-0.25, -0.2) is 17.6 Å². The Bertz CT molecular complexity index is 1070. The van der Waals surface area contributed by atoms with Gasteiger partial charge in [0.25, 0.3) is 0 Å². The molecule has 0 bridgehead atoms. The topological polar surface area (TPSA) is 122 Å². The average molecular weight is 423 g/mol. The lowest BCUT2D eigenvalue weighted by atomic mass is 9.97. The van der Waals surface area contributed by atoms with Crippen molar-refractivity contribution in [1.82, 2.24) is 4.72 Å². The summed E-state index contributed by atoms with van der Waals surface area (Å²) < 4.78 is 51.4. The number of para-hydroxylation sites is 1. The van der Waals surface area contributed by atoms with E-state index in [2.05, 4.69) is 0 Å². The SMILES string of the molecule is O=C(O)C(O)(NS(=O)(=O)c1ccccc1F)Oc1cccc2c1OC1CCCC21. The molecule has 1 saturated carbocycles. The van der Waals surface area contributed by atoms with Gasteiger partial charge in [-0.15, -0.1) is 4.72 Å². The van der Waals surface area contributed by atoms with Gasteiger partial charge in [0.2, 0.25) is 10.0 Å². The first-order chi connectivity index (χ1) is 13.7. The van der Waals surface area contributed by atoms with E-state index in [0.29, 0.717) is 0 Å². The molecule has 2 aromatic rings. The fourth-order valence-corrected chi connectivity index (χ4v) is 4.96. The zero-order valence-electron chi connectivity index (χ0n) is 15.0. The van der Waals surface area contributed by atoms with E-state index in [1.54, 1.807) is 6.07 Å². The predicted octanol–water partition coefficient (Wildman–Crippen LogP) is 1.94. The van der Waals surface area contributed by atoms with Gasteiger partial charge < -0.3 is 19.7 Å². The third-order valence-corrected chi connectivity index (χ3v) is 6.53. The molecule has 0 saturated heterocycles. The minimum atomic E-state index is -4.76. The summed E-state index contributed by atoms with van der Waals surface area (Å²) in [4.78, 5) is 10.9. The third kappa shape index (κ3) is 3.43. The van der Waals surface area contributed by atoms with E-state index in [-0.39, 0.29) is 23.5 Å². The summed E-state index contributed by atoms with van der Waals surface area (Å²) in [5.41, 5.74) is 0.815. The van der Waals surface area contributed by atoms with E-state index < -0.39 is 32.6 Å². The van der Waals surface area contributed by atoms with E-state index in [4.69, 9.17) is 9.47 Å². The highest BCUT2D eigenvalue weighted by molar-refractivity contribution is 7.89. The fourth-order valence-electron chi connectivity index (χ4n) is 3.77. The van der Waals surface area contributed by atoms with Crippen LogP contribution in [0.1, 0.15) is 30.7 Å². The molecule has 154 valence electrons. The van der Waals surface area contributed by atoms with Crippen LogP contribution in [-0.2, 0) is 14.8 Å². The molecule has 2 aliphatic rings. The molecule has 1 fully saturated rings. The van der Waals surface area contributed by atoms with Crippen molar-refractivity contribution in [2.24, 2.45) is 0 Å². The van der Waals surface area contributed by atoms with Gasteiger partial charge in [0.05, 0.1) is 0 Å². The number of aliphatic hydroxyl groups is 1. The number of sulfonamides is 1. The molecule has 0 amide bonds. The number of carboxylic acid groups (broad SMARTS) is 1. The third-order valence-electron chi connectivity index (χ3n) is 5.08. The molecule has 1 aliphatic heterocycles. The van der Waals surface area contributed by atoms with Crippen molar-refractivity contribution in [1.29, 1.82) is 0 Å². The Kier molecular flexibility index (Phi) is 4.72. The number of nitrogens with one attached hydrogen (secondary N) is 1. The number of halogens is 1. The molecule has 0 aromatic heterocycles. The van der Waals surface area contributed by atoms with Crippen LogP contribution in [0.2, 0.25) is 0 Å². The van der Waals surface area contributed by atoms with Crippen molar-refractivity contribution in [3.63, 3.8) is 0 Å². The summed E-state index contributed by atoms with van der Waals surface area (Å²) in [6.45, 7) is 0. The highest BCUT2D eigenvalue weighted by atomic mass is 32.2. The first kappa shape index (κ1) is 19.6. The minimum Gasteiger partial charge on any atom is -0.486 e. The largest absolute Gasteiger partial charge is 0.486 e. The minimum absolute atomic E-state index is 0.0669. The molecule has 10 heteroatoms. The molecule has 2 aromatic carbocycles. The van der Waals surface area contributed by atoms with Crippen LogP contribution in [-0.4, -0.2) is 36.6 Å². The summed E-state index contributed by atoms with van der Waals surface area (Å²) in [7, 11) is -4.76. The zero-order valence-corrected chi connectivity index (χ0v) is 15.9.